The highest BCUT2D eigenvalue weighted by Gasteiger charge is 2.27. The number of allylic oxidation sites excluding steroid dienone is 1. The summed E-state index contributed by atoms with van der Waals surface area (Å²) in [5.41, 5.74) is 4.15. The number of rotatable bonds is 6. The van der Waals surface area contributed by atoms with Gasteiger partial charge in [0, 0.05) is 23.5 Å². The van der Waals surface area contributed by atoms with Gasteiger partial charge in [-0.3, -0.25) is 19.2 Å². The van der Waals surface area contributed by atoms with Crippen molar-refractivity contribution in [1.29, 1.82) is 0 Å². The molecule has 2 heterocycles. The SMILES string of the molecule is CCOc1ccc(N2CN(CCC3=CCCCC3)Cn3c2nc(C)c(C)c3=O)cc1. The van der Waals surface area contributed by atoms with Crippen LogP contribution in [0.3, 0.4) is 0 Å². The van der Waals surface area contributed by atoms with Crippen LogP contribution in [-0.4, -0.2) is 34.3 Å². The molecule has 0 atom stereocenters. The second-order valence-corrected chi connectivity index (χ2v) is 8.25. The standard InChI is InChI=1S/C24H32N4O2/c1-4-30-22-12-10-21(11-13-22)27-16-26(15-14-20-8-6-5-7-9-20)17-28-23(29)18(2)19(3)25-24(27)28/h8,10-13H,4-7,9,14-17H2,1-3H3. The van der Waals surface area contributed by atoms with Crippen molar-refractivity contribution in [2.45, 2.75) is 59.5 Å². The minimum atomic E-state index is 0.0509. The van der Waals surface area contributed by atoms with Gasteiger partial charge in [-0.1, -0.05) is 11.6 Å². The van der Waals surface area contributed by atoms with Crippen LogP contribution in [0.25, 0.3) is 0 Å². The van der Waals surface area contributed by atoms with Gasteiger partial charge in [-0.2, -0.15) is 0 Å². The molecule has 160 valence electrons. The Morgan fingerprint density at radius 2 is 1.90 bits per heavy atom. The number of ether oxygens (including phenoxy) is 1. The zero-order valence-electron chi connectivity index (χ0n) is 18.4. The summed E-state index contributed by atoms with van der Waals surface area (Å²) in [7, 11) is 0. The quantitative estimate of drug-likeness (QED) is 0.658. The fraction of sp³-hybridized carbons (Fsp3) is 0.500. The van der Waals surface area contributed by atoms with Gasteiger partial charge in [-0.05, 0) is 77.1 Å². The van der Waals surface area contributed by atoms with E-state index >= 15 is 0 Å². The van der Waals surface area contributed by atoms with Crippen LogP contribution in [0.1, 0.15) is 50.3 Å². The van der Waals surface area contributed by atoms with E-state index in [1.54, 1.807) is 5.57 Å². The number of aryl methyl sites for hydroxylation is 1. The van der Waals surface area contributed by atoms with E-state index in [0.717, 1.165) is 48.3 Å². The highest BCUT2D eigenvalue weighted by molar-refractivity contribution is 5.59. The van der Waals surface area contributed by atoms with Crippen molar-refractivity contribution in [2.75, 3.05) is 24.7 Å². The molecule has 1 aromatic heterocycles. The normalized spacial score (nSPS) is 16.9. The molecule has 2 aliphatic rings. The summed E-state index contributed by atoms with van der Waals surface area (Å²) in [4.78, 5) is 22.3. The Morgan fingerprint density at radius 3 is 2.60 bits per heavy atom. The molecule has 6 nitrogen and oxygen atoms in total. The molecule has 1 aliphatic carbocycles. The van der Waals surface area contributed by atoms with Gasteiger partial charge in [0.05, 0.1) is 19.9 Å². The van der Waals surface area contributed by atoms with E-state index in [1.807, 2.05) is 49.6 Å². The van der Waals surface area contributed by atoms with Crippen LogP contribution in [0.4, 0.5) is 11.6 Å². The molecule has 0 saturated carbocycles. The van der Waals surface area contributed by atoms with Gasteiger partial charge >= 0.3 is 0 Å². The molecule has 0 N–H and O–H groups in total. The van der Waals surface area contributed by atoms with E-state index in [0.29, 0.717) is 13.3 Å². The lowest BCUT2D eigenvalue weighted by molar-refractivity contribution is 0.199. The first-order valence-corrected chi connectivity index (χ1v) is 11.1. The van der Waals surface area contributed by atoms with Crippen LogP contribution >= 0.6 is 0 Å². The summed E-state index contributed by atoms with van der Waals surface area (Å²) in [5.74, 6) is 1.57. The van der Waals surface area contributed by atoms with E-state index < -0.39 is 0 Å². The van der Waals surface area contributed by atoms with Gasteiger partial charge in [-0.15, -0.1) is 0 Å². The Hall–Kier alpha value is -2.60. The number of anilines is 2. The predicted octanol–water partition coefficient (Wildman–Crippen LogP) is 4.52. The van der Waals surface area contributed by atoms with Crippen molar-refractivity contribution in [3.63, 3.8) is 0 Å². The van der Waals surface area contributed by atoms with E-state index in [-0.39, 0.29) is 5.56 Å². The molecule has 1 aliphatic heterocycles. The molecule has 0 spiro atoms. The Balaban J connectivity index is 1.63. The van der Waals surface area contributed by atoms with Gasteiger partial charge < -0.3 is 4.74 Å². The van der Waals surface area contributed by atoms with Crippen molar-refractivity contribution < 1.29 is 4.74 Å². The van der Waals surface area contributed by atoms with Crippen LogP contribution in [0.5, 0.6) is 5.75 Å². The summed E-state index contributed by atoms with van der Waals surface area (Å²) in [6.07, 6.45) is 8.51. The number of fused-ring (bicyclic) bond motifs is 1. The molecule has 4 rings (SSSR count). The molecule has 2 aromatic rings. The Morgan fingerprint density at radius 1 is 1.10 bits per heavy atom. The lowest BCUT2D eigenvalue weighted by Crippen LogP contribution is -2.48. The molecule has 6 heteroatoms. The molecule has 0 bridgehead atoms. The molecular formula is C24H32N4O2. The van der Waals surface area contributed by atoms with Gasteiger partial charge in [0.2, 0.25) is 5.95 Å². The molecule has 30 heavy (non-hydrogen) atoms. The van der Waals surface area contributed by atoms with E-state index in [2.05, 4.69) is 15.9 Å². The van der Waals surface area contributed by atoms with Crippen molar-refractivity contribution in [2.24, 2.45) is 0 Å². The first-order valence-electron chi connectivity index (χ1n) is 11.1. The second kappa shape index (κ2) is 9.04. The molecule has 0 unspecified atom stereocenters. The third-order valence-corrected chi connectivity index (χ3v) is 6.14. The van der Waals surface area contributed by atoms with Crippen molar-refractivity contribution in [3.05, 3.63) is 57.5 Å². The van der Waals surface area contributed by atoms with Crippen molar-refractivity contribution >= 4 is 11.6 Å². The number of hydrogen-bond donors (Lipinski definition) is 0. The average molecular weight is 409 g/mol. The third-order valence-electron chi connectivity index (χ3n) is 6.14. The zero-order valence-corrected chi connectivity index (χ0v) is 18.4. The molecule has 0 amide bonds. The second-order valence-electron chi connectivity index (χ2n) is 8.25. The highest BCUT2D eigenvalue weighted by atomic mass is 16.5. The topological polar surface area (TPSA) is 50.6 Å². The summed E-state index contributed by atoms with van der Waals surface area (Å²) < 4.78 is 7.41. The van der Waals surface area contributed by atoms with Gasteiger partial charge in [0.1, 0.15) is 5.75 Å². The first kappa shape index (κ1) is 20.7. The average Bonchev–Trinajstić information content (AvgIpc) is 2.77. The molecule has 0 saturated heterocycles. The Labute approximate surface area is 178 Å². The van der Waals surface area contributed by atoms with Crippen molar-refractivity contribution in [1.82, 2.24) is 14.5 Å². The summed E-state index contributed by atoms with van der Waals surface area (Å²) in [5, 5.41) is 0. The summed E-state index contributed by atoms with van der Waals surface area (Å²) in [6, 6.07) is 8.05. The minimum absolute atomic E-state index is 0.0509. The largest absolute Gasteiger partial charge is 0.494 e. The van der Waals surface area contributed by atoms with Gasteiger partial charge in [0.25, 0.3) is 5.56 Å². The Kier molecular flexibility index (Phi) is 6.23. The third kappa shape index (κ3) is 4.29. The number of aromatic nitrogens is 2. The van der Waals surface area contributed by atoms with Crippen LogP contribution in [0.2, 0.25) is 0 Å². The lowest BCUT2D eigenvalue weighted by atomic mass is 9.97. The molecule has 1 aromatic carbocycles. The van der Waals surface area contributed by atoms with Gasteiger partial charge in [-0.25, -0.2) is 4.98 Å². The van der Waals surface area contributed by atoms with Crippen LogP contribution in [0, 0.1) is 13.8 Å². The fourth-order valence-corrected chi connectivity index (χ4v) is 4.24. The summed E-state index contributed by atoms with van der Waals surface area (Å²) in [6.45, 7) is 8.65. The maximum absolute atomic E-state index is 13.0. The number of nitrogens with zero attached hydrogens (tertiary/aromatic N) is 4. The van der Waals surface area contributed by atoms with Gasteiger partial charge in [0.15, 0.2) is 0 Å². The highest BCUT2D eigenvalue weighted by Crippen LogP contribution is 2.30. The Bertz CT molecular complexity index is 978. The predicted molar refractivity (Wildman–Crippen MR) is 120 cm³/mol. The number of hydrogen-bond acceptors (Lipinski definition) is 5. The van der Waals surface area contributed by atoms with E-state index in [1.165, 1.54) is 25.7 Å². The fourth-order valence-electron chi connectivity index (χ4n) is 4.24. The van der Waals surface area contributed by atoms with E-state index in [9.17, 15) is 4.79 Å². The van der Waals surface area contributed by atoms with Crippen molar-refractivity contribution in [3.8, 4) is 5.75 Å². The smallest absolute Gasteiger partial charge is 0.259 e. The monoisotopic (exact) mass is 408 g/mol. The maximum Gasteiger partial charge on any atom is 0.259 e. The van der Waals surface area contributed by atoms with Crippen LogP contribution in [-0.2, 0) is 6.67 Å². The van der Waals surface area contributed by atoms with Crippen LogP contribution < -0.4 is 15.2 Å². The van der Waals surface area contributed by atoms with E-state index in [4.69, 9.17) is 9.72 Å². The molecular weight excluding hydrogens is 376 g/mol. The zero-order chi connectivity index (χ0) is 21.1. The maximum atomic E-state index is 13.0. The van der Waals surface area contributed by atoms with Crippen LogP contribution in [0.15, 0.2) is 40.7 Å². The number of benzene rings is 1. The first-order chi connectivity index (χ1) is 14.6. The minimum Gasteiger partial charge on any atom is -0.494 e. The lowest BCUT2D eigenvalue weighted by Gasteiger charge is -2.38. The molecule has 0 fully saturated rings. The summed E-state index contributed by atoms with van der Waals surface area (Å²) >= 11 is 0. The molecule has 0 radical (unpaired) electrons.